The predicted molar refractivity (Wildman–Crippen MR) is 72.1 cm³/mol. The maximum atomic E-state index is 5.74. The van der Waals surface area contributed by atoms with Gasteiger partial charge in [-0.05, 0) is 18.6 Å². The van der Waals surface area contributed by atoms with Crippen molar-refractivity contribution in [3.63, 3.8) is 0 Å². The molecule has 1 heterocycles. The third kappa shape index (κ3) is 3.15. The first-order valence-corrected chi connectivity index (χ1v) is 6.17. The van der Waals surface area contributed by atoms with Crippen molar-refractivity contribution in [3.05, 3.63) is 30.4 Å². The van der Waals surface area contributed by atoms with Crippen LogP contribution in [0.2, 0.25) is 0 Å². The summed E-state index contributed by atoms with van der Waals surface area (Å²) in [5.74, 6) is 2.04. The molecule has 0 spiro atoms. The minimum atomic E-state index is 0.333. The van der Waals surface area contributed by atoms with Crippen LogP contribution in [0.4, 0.5) is 5.69 Å². The molecule has 0 atom stereocenters. The first-order chi connectivity index (χ1) is 9.24. The highest BCUT2D eigenvalue weighted by Crippen LogP contribution is 2.29. The van der Waals surface area contributed by atoms with Crippen molar-refractivity contribution in [2.24, 2.45) is 0 Å². The van der Waals surface area contributed by atoms with Gasteiger partial charge in [0.1, 0.15) is 12.9 Å². The minimum Gasteiger partial charge on any atom is -0.493 e. The van der Waals surface area contributed by atoms with Gasteiger partial charge in [0.2, 0.25) is 0 Å². The lowest BCUT2D eigenvalue weighted by Crippen LogP contribution is -2.09. The Morgan fingerprint density at radius 2 is 2.16 bits per heavy atom. The zero-order chi connectivity index (χ0) is 13.7. The van der Waals surface area contributed by atoms with E-state index < -0.39 is 0 Å². The summed E-state index contributed by atoms with van der Waals surface area (Å²) in [6, 6.07) is 5.28. The number of hydrogen-bond acceptors (Lipinski definition) is 5. The third-order valence-corrected chi connectivity index (χ3v) is 2.68. The maximum Gasteiger partial charge on any atom is 0.164 e. The summed E-state index contributed by atoms with van der Waals surface area (Å²) in [5, 5.41) is 4.15. The lowest BCUT2D eigenvalue weighted by atomic mass is 10.3. The molecule has 0 fully saturated rings. The molecule has 102 valence electrons. The van der Waals surface area contributed by atoms with Crippen LogP contribution in [0.25, 0.3) is 0 Å². The molecule has 0 radical (unpaired) electrons. The molecule has 2 aromatic rings. The number of nitrogens with zero attached hydrogens (tertiary/aromatic N) is 3. The van der Waals surface area contributed by atoms with Crippen molar-refractivity contribution in [1.29, 1.82) is 0 Å². The molecule has 0 saturated heterocycles. The molecule has 1 aromatic heterocycles. The van der Waals surface area contributed by atoms with Gasteiger partial charge < -0.3 is 15.2 Å². The van der Waals surface area contributed by atoms with Crippen molar-refractivity contribution >= 4 is 5.69 Å². The van der Waals surface area contributed by atoms with Crippen molar-refractivity contribution in [2.45, 2.75) is 26.5 Å². The van der Waals surface area contributed by atoms with Crippen LogP contribution in [0.5, 0.6) is 11.5 Å². The van der Waals surface area contributed by atoms with Gasteiger partial charge in [-0.15, -0.1) is 0 Å². The second-order valence-corrected chi connectivity index (χ2v) is 4.10. The summed E-state index contributed by atoms with van der Waals surface area (Å²) in [4.78, 5) is 4.18. The Morgan fingerprint density at radius 1 is 1.32 bits per heavy atom. The van der Waals surface area contributed by atoms with E-state index in [1.165, 1.54) is 6.33 Å². The zero-order valence-electron chi connectivity index (χ0n) is 11.2. The fraction of sp³-hybridized carbons (Fsp3) is 0.385. The molecule has 19 heavy (non-hydrogen) atoms. The summed E-state index contributed by atoms with van der Waals surface area (Å²) in [6.07, 6.45) is 2.53. The summed E-state index contributed by atoms with van der Waals surface area (Å²) >= 11 is 0. The van der Waals surface area contributed by atoms with Crippen molar-refractivity contribution < 1.29 is 9.47 Å². The number of aryl methyl sites for hydroxylation is 1. The quantitative estimate of drug-likeness (QED) is 0.804. The van der Waals surface area contributed by atoms with Gasteiger partial charge >= 0.3 is 0 Å². The van der Waals surface area contributed by atoms with Gasteiger partial charge in [-0.1, -0.05) is 6.92 Å². The first kappa shape index (κ1) is 13.2. The average Bonchev–Trinajstić information content (AvgIpc) is 2.84. The van der Waals surface area contributed by atoms with Crippen molar-refractivity contribution in [1.82, 2.24) is 14.8 Å². The van der Waals surface area contributed by atoms with E-state index in [0.29, 0.717) is 23.8 Å². The van der Waals surface area contributed by atoms with Crippen LogP contribution in [-0.2, 0) is 13.2 Å². The summed E-state index contributed by atoms with van der Waals surface area (Å²) in [6.45, 7) is 3.25. The molecule has 0 aliphatic rings. The van der Waals surface area contributed by atoms with Crippen molar-refractivity contribution in [3.8, 4) is 11.5 Å². The van der Waals surface area contributed by atoms with Crippen LogP contribution in [0.15, 0.2) is 24.5 Å². The zero-order valence-corrected chi connectivity index (χ0v) is 11.2. The van der Waals surface area contributed by atoms with Crippen molar-refractivity contribution in [2.75, 3.05) is 12.8 Å². The lowest BCUT2D eigenvalue weighted by Gasteiger charge is -2.11. The normalized spacial score (nSPS) is 10.4. The molecular weight excluding hydrogens is 244 g/mol. The molecule has 0 bridgehead atoms. The second-order valence-electron chi connectivity index (χ2n) is 4.10. The Hall–Kier alpha value is -2.24. The van der Waals surface area contributed by atoms with Gasteiger partial charge in [0.15, 0.2) is 17.3 Å². The van der Waals surface area contributed by atoms with Crippen LogP contribution in [0.1, 0.15) is 19.2 Å². The Kier molecular flexibility index (Phi) is 4.22. The molecule has 6 nitrogen and oxygen atoms in total. The highest BCUT2D eigenvalue weighted by atomic mass is 16.5. The van der Waals surface area contributed by atoms with Crippen LogP contribution < -0.4 is 15.2 Å². The van der Waals surface area contributed by atoms with E-state index in [2.05, 4.69) is 17.0 Å². The summed E-state index contributed by atoms with van der Waals surface area (Å²) < 4.78 is 12.8. The van der Waals surface area contributed by atoms with Crippen LogP contribution in [0, 0.1) is 0 Å². The molecule has 0 unspecified atom stereocenters. The van der Waals surface area contributed by atoms with Gasteiger partial charge in [0.05, 0.1) is 7.11 Å². The highest BCUT2D eigenvalue weighted by molar-refractivity contribution is 5.51. The largest absolute Gasteiger partial charge is 0.493 e. The highest BCUT2D eigenvalue weighted by Gasteiger charge is 2.08. The van der Waals surface area contributed by atoms with Crippen LogP contribution in [-0.4, -0.2) is 21.9 Å². The van der Waals surface area contributed by atoms with Gasteiger partial charge in [-0.2, -0.15) is 5.10 Å². The number of anilines is 1. The Balaban J connectivity index is 2.09. The number of nitrogen functional groups attached to an aromatic ring is 1. The summed E-state index contributed by atoms with van der Waals surface area (Å²) in [7, 11) is 1.60. The lowest BCUT2D eigenvalue weighted by molar-refractivity contribution is 0.269. The van der Waals surface area contributed by atoms with E-state index in [-0.39, 0.29) is 0 Å². The molecule has 6 heteroatoms. The molecule has 0 aliphatic carbocycles. The van der Waals surface area contributed by atoms with Crippen LogP contribution >= 0.6 is 0 Å². The number of rotatable bonds is 6. The number of hydrogen-bond donors (Lipinski definition) is 1. The molecule has 0 aliphatic heterocycles. The van der Waals surface area contributed by atoms with E-state index in [9.17, 15) is 0 Å². The maximum absolute atomic E-state index is 5.74. The fourth-order valence-electron chi connectivity index (χ4n) is 1.75. The molecule has 0 amide bonds. The smallest absolute Gasteiger partial charge is 0.164 e. The monoisotopic (exact) mass is 262 g/mol. The van der Waals surface area contributed by atoms with E-state index in [1.807, 2.05) is 4.68 Å². The molecule has 2 rings (SSSR count). The van der Waals surface area contributed by atoms with Gasteiger partial charge in [-0.3, -0.25) is 0 Å². The van der Waals surface area contributed by atoms with E-state index in [0.717, 1.165) is 18.8 Å². The van der Waals surface area contributed by atoms with Gasteiger partial charge in [0, 0.05) is 18.3 Å². The Morgan fingerprint density at radius 3 is 2.89 bits per heavy atom. The number of ether oxygens (including phenoxy) is 2. The number of benzene rings is 1. The number of aromatic nitrogens is 3. The molecular formula is C13H18N4O2. The SMILES string of the molecule is CCCn1ncnc1COc1cc(N)ccc1OC. The van der Waals surface area contributed by atoms with E-state index >= 15 is 0 Å². The minimum absolute atomic E-state index is 0.333. The number of nitrogens with two attached hydrogens (primary N) is 1. The topological polar surface area (TPSA) is 75.2 Å². The standard InChI is InChI=1S/C13H18N4O2/c1-3-6-17-13(15-9-16-17)8-19-12-7-10(14)4-5-11(12)18-2/h4-5,7,9H,3,6,8,14H2,1-2H3. The Bertz CT molecular complexity index is 539. The Labute approximate surface area is 112 Å². The predicted octanol–water partition coefficient (Wildman–Crippen LogP) is 1.86. The first-order valence-electron chi connectivity index (χ1n) is 6.17. The van der Waals surface area contributed by atoms with Crippen LogP contribution in [0.3, 0.4) is 0 Å². The van der Waals surface area contributed by atoms with Gasteiger partial charge in [0.25, 0.3) is 0 Å². The molecule has 1 aromatic carbocycles. The second kappa shape index (κ2) is 6.08. The summed E-state index contributed by atoms with van der Waals surface area (Å²) in [5.41, 5.74) is 6.37. The van der Waals surface area contributed by atoms with Gasteiger partial charge in [-0.25, -0.2) is 9.67 Å². The average molecular weight is 262 g/mol. The third-order valence-electron chi connectivity index (χ3n) is 2.68. The molecule has 0 saturated carbocycles. The molecule has 2 N–H and O–H groups in total. The number of methoxy groups -OCH3 is 1. The van der Waals surface area contributed by atoms with E-state index in [1.54, 1.807) is 25.3 Å². The fourth-order valence-corrected chi connectivity index (χ4v) is 1.75. The van der Waals surface area contributed by atoms with E-state index in [4.69, 9.17) is 15.2 Å².